The second kappa shape index (κ2) is 6.33. The maximum atomic E-state index is 11.8. The lowest BCUT2D eigenvalue weighted by Gasteiger charge is -2.28. The summed E-state index contributed by atoms with van der Waals surface area (Å²) in [6.45, 7) is 2.00. The molecule has 2 unspecified atom stereocenters. The number of hydrazine groups is 1. The van der Waals surface area contributed by atoms with Gasteiger partial charge >= 0.3 is 0 Å². The summed E-state index contributed by atoms with van der Waals surface area (Å²) in [6.07, 6.45) is 8.12. The van der Waals surface area contributed by atoms with Gasteiger partial charge in [-0.15, -0.1) is 0 Å². The Kier molecular flexibility index (Phi) is 4.76. The van der Waals surface area contributed by atoms with Crippen LogP contribution in [0.4, 0.5) is 0 Å². The van der Waals surface area contributed by atoms with Crippen molar-refractivity contribution in [2.45, 2.75) is 70.1 Å². The van der Waals surface area contributed by atoms with Gasteiger partial charge in [0.05, 0.1) is 6.10 Å². The summed E-state index contributed by atoms with van der Waals surface area (Å²) in [5.41, 5.74) is 8.74. The molecule has 2 rings (SSSR count). The van der Waals surface area contributed by atoms with Crippen molar-refractivity contribution < 1.29 is 9.63 Å². The molecule has 1 aliphatic heterocycles. The first kappa shape index (κ1) is 12.8. The molecule has 1 amide bonds. The Hall–Kier alpha value is -0.650. The lowest BCUT2D eigenvalue weighted by Crippen LogP contribution is -2.54. The minimum atomic E-state index is -0.220. The van der Waals surface area contributed by atoms with E-state index in [0.717, 1.165) is 25.7 Å². The van der Waals surface area contributed by atoms with E-state index in [1.807, 2.05) is 6.92 Å². The van der Waals surface area contributed by atoms with E-state index in [4.69, 9.17) is 4.84 Å². The third kappa shape index (κ3) is 3.94. The molecule has 0 bridgehead atoms. The number of amides is 1. The Labute approximate surface area is 103 Å². The van der Waals surface area contributed by atoms with Gasteiger partial charge in [0, 0.05) is 6.04 Å². The van der Waals surface area contributed by atoms with Crippen LogP contribution < -0.4 is 16.3 Å². The number of carbonyl (C=O) groups excluding carboxylic acids is 1. The molecule has 5 heteroatoms. The fraction of sp³-hybridized carbons (Fsp3) is 0.917. The fourth-order valence-electron chi connectivity index (χ4n) is 2.41. The van der Waals surface area contributed by atoms with Crippen molar-refractivity contribution in [2.24, 2.45) is 0 Å². The highest BCUT2D eigenvalue weighted by molar-refractivity contribution is 5.81. The van der Waals surface area contributed by atoms with Gasteiger partial charge in [0.2, 0.25) is 0 Å². The molecular weight excluding hydrogens is 218 g/mol. The molecule has 0 aromatic heterocycles. The topological polar surface area (TPSA) is 62.4 Å². The zero-order valence-corrected chi connectivity index (χ0v) is 10.5. The predicted octanol–water partition coefficient (Wildman–Crippen LogP) is 1.01. The van der Waals surface area contributed by atoms with E-state index in [1.54, 1.807) is 0 Å². The van der Waals surface area contributed by atoms with Crippen molar-refractivity contribution in [3.63, 3.8) is 0 Å². The van der Waals surface area contributed by atoms with Crippen LogP contribution in [0.3, 0.4) is 0 Å². The molecule has 2 aliphatic rings. The quantitative estimate of drug-likeness (QED) is 0.645. The molecule has 17 heavy (non-hydrogen) atoms. The molecule has 0 spiro atoms. The molecule has 1 saturated heterocycles. The molecule has 5 nitrogen and oxygen atoms in total. The molecule has 0 aromatic carbocycles. The van der Waals surface area contributed by atoms with E-state index in [-0.39, 0.29) is 18.1 Å². The molecule has 0 aromatic rings. The van der Waals surface area contributed by atoms with Crippen LogP contribution in [0.15, 0.2) is 0 Å². The first-order valence-corrected chi connectivity index (χ1v) is 6.72. The summed E-state index contributed by atoms with van der Waals surface area (Å²) in [4.78, 5) is 17.1. The lowest BCUT2D eigenvalue weighted by atomic mass is 9.96. The van der Waals surface area contributed by atoms with Crippen LogP contribution in [0.5, 0.6) is 0 Å². The molecule has 1 saturated carbocycles. The minimum absolute atomic E-state index is 0.0116. The smallest absolute Gasteiger partial charge is 0.253 e. The first-order valence-electron chi connectivity index (χ1n) is 6.72. The zero-order valence-electron chi connectivity index (χ0n) is 10.5. The molecule has 98 valence electrons. The highest BCUT2D eigenvalue weighted by atomic mass is 16.7. The van der Waals surface area contributed by atoms with Crippen LogP contribution in [0.1, 0.15) is 51.9 Å². The number of nitrogens with one attached hydrogen (secondary N) is 3. The Morgan fingerprint density at radius 2 is 1.94 bits per heavy atom. The molecule has 0 radical (unpaired) electrons. The second-order valence-corrected chi connectivity index (χ2v) is 5.14. The molecule has 1 heterocycles. The van der Waals surface area contributed by atoms with E-state index >= 15 is 0 Å². The SMILES string of the molecule is CC1CCC(C(=O)NNC2CCCCC2)NO1. The first-order chi connectivity index (χ1) is 8.25. The van der Waals surface area contributed by atoms with Crippen molar-refractivity contribution in [3.05, 3.63) is 0 Å². The van der Waals surface area contributed by atoms with E-state index < -0.39 is 0 Å². The van der Waals surface area contributed by atoms with Crippen LogP contribution in [0.25, 0.3) is 0 Å². The van der Waals surface area contributed by atoms with Crippen LogP contribution >= 0.6 is 0 Å². The molecule has 2 fully saturated rings. The minimum Gasteiger partial charge on any atom is -0.298 e. The normalized spacial score (nSPS) is 31.1. The van der Waals surface area contributed by atoms with Crippen molar-refractivity contribution >= 4 is 5.91 Å². The Bertz CT molecular complexity index is 246. The van der Waals surface area contributed by atoms with Gasteiger partial charge in [0.25, 0.3) is 5.91 Å². The highest BCUT2D eigenvalue weighted by Gasteiger charge is 2.25. The number of carbonyl (C=O) groups is 1. The number of hydroxylamine groups is 1. The Balaban J connectivity index is 1.66. The summed E-state index contributed by atoms with van der Waals surface area (Å²) < 4.78 is 0. The summed E-state index contributed by atoms with van der Waals surface area (Å²) in [5.74, 6) is -0.0116. The van der Waals surface area contributed by atoms with E-state index in [9.17, 15) is 4.79 Å². The van der Waals surface area contributed by atoms with Gasteiger partial charge < -0.3 is 0 Å². The van der Waals surface area contributed by atoms with Gasteiger partial charge in [0.1, 0.15) is 6.04 Å². The number of hydrogen-bond acceptors (Lipinski definition) is 4. The predicted molar refractivity (Wildman–Crippen MR) is 64.9 cm³/mol. The van der Waals surface area contributed by atoms with Gasteiger partial charge in [-0.05, 0) is 32.6 Å². The molecular formula is C12H23N3O2. The fourth-order valence-corrected chi connectivity index (χ4v) is 2.41. The average molecular weight is 241 g/mol. The van der Waals surface area contributed by atoms with Crippen LogP contribution in [-0.2, 0) is 9.63 Å². The molecule has 1 aliphatic carbocycles. The monoisotopic (exact) mass is 241 g/mol. The van der Waals surface area contributed by atoms with Crippen molar-refractivity contribution in [3.8, 4) is 0 Å². The maximum absolute atomic E-state index is 11.8. The van der Waals surface area contributed by atoms with Crippen LogP contribution in [0.2, 0.25) is 0 Å². The Morgan fingerprint density at radius 3 is 2.59 bits per heavy atom. The lowest BCUT2D eigenvalue weighted by molar-refractivity contribution is -0.136. The van der Waals surface area contributed by atoms with Gasteiger partial charge in [-0.3, -0.25) is 15.1 Å². The van der Waals surface area contributed by atoms with Gasteiger partial charge in [0.15, 0.2) is 0 Å². The van der Waals surface area contributed by atoms with Gasteiger partial charge in [-0.1, -0.05) is 19.3 Å². The van der Waals surface area contributed by atoms with E-state index in [1.165, 1.54) is 19.3 Å². The van der Waals surface area contributed by atoms with E-state index in [2.05, 4.69) is 16.3 Å². The third-order valence-electron chi connectivity index (χ3n) is 3.59. The summed E-state index contributed by atoms with van der Waals surface area (Å²) in [5, 5.41) is 0. The number of hydrogen-bond donors (Lipinski definition) is 3. The van der Waals surface area contributed by atoms with Crippen LogP contribution in [-0.4, -0.2) is 24.1 Å². The maximum Gasteiger partial charge on any atom is 0.253 e. The molecule has 3 N–H and O–H groups in total. The van der Waals surface area contributed by atoms with Crippen molar-refractivity contribution in [1.29, 1.82) is 0 Å². The summed E-state index contributed by atoms with van der Waals surface area (Å²) >= 11 is 0. The third-order valence-corrected chi connectivity index (χ3v) is 3.59. The standard InChI is InChI=1S/C12H23N3O2/c1-9-7-8-11(15-17-9)12(16)14-13-10-5-3-2-4-6-10/h9-11,13,15H,2-8H2,1H3,(H,14,16). The summed E-state index contributed by atoms with van der Waals surface area (Å²) in [7, 11) is 0. The van der Waals surface area contributed by atoms with Crippen LogP contribution in [0, 0.1) is 0 Å². The van der Waals surface area contributed by atoms with Crippen molar-refractivity contribution in [1.82, 2.24) is 16.3 Å². The largest absolute Gasteiger partial charge is 0.298 e. The van der Waals surface area contributed by atoms with Gasteiger partial charge in [-0.25, -0.2) is 5.43 Å². The Morgan fingerprint density at radius 1 is 1.18 bits per heavy atom. The van der Waals surface area contributed by atoms with Crippen molar-refractivity contribution in [2.75, 3.05) is 0 Å². The van der Waals surface area contributed by atoms with Gasteiger partial charge in [-0.2, -0.15) is 5.48 Å². The second-order valence-electron chi connectivity index (χ2n) is 5.14. The average Bonchev–Trinajstić information content (AvgIpc) is 2.38. The van der Waals surface area contributed by atoms with E-state index in [0.29, 0.717) is 6.04 Å². The summed E-state index contributed by atoms with van der Waals surface area (Å²) in [6, 6.07) is 0.221. The number of rotatable bonds is 3. The molecule has 2 atom stereocenters. The zero-order chi connectivity index (χ0) is 12.1. The highest BCUT2D eigenvalue weighted by Crippen LogP contribution is 2.16.